The number of amides is 1. The van der Waals surface area contributed by atoms with Gasteiger partial charge in [-0.2, -0.15) is 10.2 Å². The summed E-state index contributed by atoms with van der Waals surface area (Å²) in [6.45, 7) is 11.4. The fourth-order valence-corrected chi connectivity index (χ4v) is 3.24. The quantitative estimate of drug-likeness (QED) is 0.415. The molecule has 1 aliphatic heterocycles. The number of ether oxygens (including phenoxy) is 1. The van der Waals surface area contributed by atoms with Crippen molar-refractivity contribution in [3.63, 3.8) is 0 Å². The molecule has 3 rings (SSSR count). The van der Waals surface area contributed by atoms with Gasteiger partial charge in [-0.3, -0.25) is 9.69 Å². The molecule has 0 spiro atoms. The molecule has 170 valence electrons. The second kappa shape index (κ2) is 10.0. The van der Waals surface area contributed by atoms with Gasteiger partial charge in [0, 0.05) is 38.3 Å². The maximum absolute atomic E-state index is 13.0. The van der Waals surface area contributed by atoms with Gasteiger partial charge in [-0.05, 0) is 30.2 Å². The zero-order valence-electron chi connectivity index (χ0n) is 19.2. The second-order valence-corrected chi connectivity index (χ2v) is 9.30. The summed E-state index contributed by atoms with van der Waals surface area (Å²) in [6, 6.07) is 9.32. The molecule has 0 bridgehead atoms. The summed E-state index contributed by atoms with van der Waals surface area (Å²) < 4.78 is 5.78. The summed E-state index contributed by atoms with van der Waals surface area (Å²) in [5.41, 5.74) is 1.66. The Morgan fingerprint density at radius 3 is 2.47 bits per heavy atom. The molecule has 0 saturated carbocycles. The molecule has 2 aromatic rings. The lowest BCUT2D eigenvalue weighted by Gasteiger charge is -2.32. The first-order valence-corrected chi connectivity index (χ1v) is 10.7. The van der Waals surface area contributed by atoms with Gasteiger partial charge in [-0.1, -0.05) is 32.9 Å². The van der Waals surface area contributed by atoms with Gasteiger partial charge < -0.3 is 9.64 Å². The number of hydrogen-bond acceptors (Lipinski definition) is 8. The van der Waals surface area contributed by atoms with Crippen LogP contribution in [0, 0.1) is 16.7 Å². The van der Waals surface area contributed by atoms with E-state index < -0.39 is 5.91 Å². The van der Waals surface area contributed by atoms with Gasteiger partial charge in [0.25, 0.3) is 5.91 Å². The van der Waals surface area contributed by atoms with E-state index in [0.29, 0.717) is 12.2 Å². The Balaban J connectivity index is 1.72. The van der Waals surface area contributed by atoms with Crippen molar-refractivity contribution >= 4 is 11.6 Å². The highest BCUT2D eigenvalue weighted by atomic mass is 16.5. The summed E-state index contributed by atoms with van der Waals surface area (Å²) in [7, 11) is 2.13. The van der Waals surface area contributed by atoms with Gasteiger partial charge in [-0.25, -0.2) is 15.8 Å². The minimum Gasteiger partial charge on any atom is -0.475 e. The average molecular weight is 438 g/mol. The Morgan fingerprint density at radius 1 is 1.22 bits per heavy atom. The lowest BCUT2D eigenvalue weighted by atomic mass is 9.99. The maximum atomic E-state index is 13.0. The van der Waals surface area contributed by atoms with E-state index in [-0.39, 0.29) is 22.8 Å². The molecule has 0 aliphatic carbocycles. The van der Waals surface area contributed by atoms with E-state index in [2.05, 4.69) is 26.8 Å². The first-order valence-electron chi connectivity index (χ1n) is 10.7. The molecule has 1 aliphatic rings. The minimum absolute atomic E-state index is 0.0493. The monoisotopic (exact) mass is 437 g/mol. The van der Waals surface area contributed by atoms with Crippen LogP contribution in [0.25, 0.3) is 0 Å². The molecule has 1 saturated heterocycles. The molecule has 0 unspecified atom stereocenters. The lowest BCUT2D eigenvalue weighted by molar-refractivity contribution is 0.0985. The number of aromatic nitrogens is 2. The topological polar surface area (TPSA) is 112 Å². The fourth-order valence-electron chi connectivity index (χ4n) is 3.24. The second-order valence-electron chi connectivity index (χ2n) is 9.30. The zero-order chi connectivity index (χ0) is 23.3. The molecule has 32 heavy (non-hydrogen) atoms. The standard InChI is InChI=1S/C23H31N7O2/c1-23(2,3)16-32-21-19(14-26-20(13-24)27-21)30(25)22(31)18-7-5-17(6-8-18)15-29-11-9-28(4)10-12-29/h5-8,14H,9-12,15-16,25H2,1-4H3. The Labute approximate surface area is 189 Å². The Hall–Kier alpha value is -3.06. The number of nitriles is 1. The largest absolute Gasteiger partial charge is 0.475 e. The molecule has 9 nitrogen and oxygen atoms in total. The van der Waals surface area contributed by atoms with Crippen LogP contribution in [0.1, 0.15) is 42.5 Å². The molecule has 1 aromatic heterocycles. The third kappa shape index (κ3) is 6.23. The first kappa shape index (κ1) is 23.6. The number of nitrogens with two attached hydrogens (primary N) is 1. The number of hydrazine groups is 1. The number of nitrogens with zero attached hydrogens (tertiary/aromatic N) is 6. The number of anilines is 1. The number of carbonyl (C=O) groups is 1. The average Bonchev–Trinajstić information content (AvgIpc) is 2.78. The van der Waals surface area contributed by atoms with Crippen LogP contribution in [-0.2, 0) is 6.54 Å². The predicted molar refractivity (Wildman–Crippen MR) is 122 cm³/mol. The summed E-state index contributed by atoms with van der Waals surface area (Å²) in [5, 5.41) is 10.1. The van der Waals surface area contributed by atoms with Gasteiger partial charge in [-0.15, -0.1) is 0 Å². The third-order valence-electron chi connectivity index (χ3n) is 5.16. The van der Waals surface area contributed by atoms with E-state index in [4.69, 9.17) is 15.8 Å². The van der Waals surface area contributed by atoms with Crippen molar-refractivity contribution in [2.24, 2.45) is 11.3 Å². The van der Waals surface area contributed by atoms with Crippen LogP contribution in [0.4, 0.5) is 5.69 Å². The van der Waals surface area contributed by atoms with Crippen molar-refractivity contribution in [1.82, 2.24) is 19.8 Å². The molecule has 1 amide bonds. The van der Waals surface area contributed by atoms with E-state index in [9.17, 15) is 4.79 Å². The highest BCUT2D eigenvalue weighted by molar-refractivity contribution is 6.05. The van der Waals surface area contributed by atoms with Crippen LogP contribution in [0.15, 0.2) is 30.5 Å². The molecule has 1 aromatic carbocycles. The Morgan fingerprint density at radius 2 is 1.88 bits per heavy atom. The van der Waals surface area contributed by atoms with Crippen LogP contribution in [-0.4, -0.2) is 65.5 Å². The molecule has 2 N–H and O–H groups in total. The van der Waals surface area contributed by atoms with E-state index >= 15 is 0 Å². The Bertz CT molecular complexity index is 971. The zero-order valence-corrected chi connectivity index (χ0v) is 19.2. The van der Waals surface area contributed by atoms with Gasteiger partial charge >= 0.3 is 0 Å². The molecule has 9 heteroatoms. The summed E-state index contributed by atoms with van der Waals surface area (Å²) >= 11 is 0. The summed E-state index contributed by atoms with van der Waals surface area (Å²) in [6.07, 6.45) is 1.34. The van der Waals surface area contributed by atoms with E-state index in [1.54, 1.807) is 12.1 Å². The van der Waals surface area contributed by atoms with Crippen molar-refractivity contribution in [2.45, 2.75) is 27.3 Å². The van der Waals surface area contributed by atoms with Crippen LogP contribution in [0.2, 0.25) is 0 Å². The highest BCUT2D eigenvalue weighted by Gasteiger charge is 2.22. The Kier molecular flexibility index (Phi) is 7.40. The van der Waals surface area contributed by atoms with Gasteiger partial charge in [0.15, 0.2) is 0 Å². The number of piperazine rings is 1. The van der Waals surface area contributed by atoms with Crippen LogP contribution in [0.3, 0.4) is 0 Å². The van der Waals surface area contributed by atoms with Crippen molar-refractivity contribution < 1.29 is 9.53 Å². The van der Waals surface area contributed by atoms with Crippen molar-refractivity contribution in [3.8, 4) is 11.9 Å². The van der Waals surface area contributed by atoms with E-state index in [0.717, 1.165) is 43.3 Å². The number of likely N-dealkylation sites (N-methyl/N-ethyl adjacent to an activating group) is 1. The SMILES string of the molecule is CN1CCN(Cc2ccc(C(=O)N(N)c3cnc(C#N)nc3OCC(C)(C)C)cc2)CC1. The number of benzene rings is 1. The maximum Gasteiger partial charge on any atom is 0.272 e. The van der Waals surface area contributed by atoms with Crippen molar-refractivity contribution in [1.29, 1.82) is 5.26 Å². The fraction of sp³-hybridized carbons (Fsp3) is 0.478. The number of carbonyl (C=O) groups excluding carboxylic acids is 1. The van der Waals surface area contributed by atoms with Gasteiger partial charge in [0.1, 0.15) is 11.8 Å². The summed E-state index contributed by atoms with van der Waals surface area (Å²) in [4.78, 5) is 25.8. The molecular weight excluding hydrogens is 406 g/mol. The van der Waals surface area contributed by atoms with Crippen molar-refractivity contribution in [2.75, 3.05) is 44.8 Å². The first-order chi connectivity index (χ1) is 15.2. The smallest absolute Gasteiger partial charge is 0.272 e. The lowest BCUT2D eigenvalue weighted by Crippen LogP contribution is -2.43. The van der Waals surface area contributed by atoms with Crippen LogP contribution >= 0.6 is 0 Å². The molecule has 1 fully saturated rings. The summed E-state index contributed by atoms with van der Waals surface area (Å²) in [5.74, 6) is 5.78. The van der Waals surface area contributed by atoms with E-state index in [1.165, 1.54) is 6.20 Å². The van der Waals surface area contributed by atoms with Crippen LogP contribution in [0.5, 0.6) is 5.88 Å². The van der Waals surface area contributed by atoms with Crippen molar-refractivity contribution in [3.05, 3.63) is 47.4 Å². The highest BCUT2D eigenvalue weighted by Crippen LogP contribution is 2.27. The third-order valence-corrected chi connectivity index (χ3v) is 5.16. The number of hydrogen-bond donors (Lipinski definition) is 1. The minimum atomic E-state index is -0.412. The van der Waals surface area contributed by atoms with Gasteiger partial charge in [0.05, 0.1) is 12.8 Å². The van der Waals surface area contributed by atoms with E-state index in [1.807, 2.05) is 39.0 Å². The number of rotatable bonds is 6. The molecule has 0 radical (unpaired) electrons. The normalized spacial score (nSPS) is 15.2. The van der Waals surface area contributed by atoms with Crippen LogP contribution < -0.4 is 15.6 Å². The predicted octanol–water partition coefficient (Wildman–Crippen LogP) is 2.04. The molecule has 0 atom stereocenters. The molecular formula is C23H31N7O2. The molecule has 2 heterocycles. The van der Waals surface area contributed by atoms with Gasteiger partial charge in [0.2, 0.25) is 11.7 Å².